The van der Waals surface area contributed by atoms with Gasteiger partial charge in [-0.2, -0.15) is 0 Å². The molecule has 0 aliphatic carbocycles. The van der Waals surface area contributed by atoms with Gasteiger partial charge in [-0.25, -0.2) is 0 Å². The number of hydrogen-bond acceptors (Lipinski definition) is 1. The molecule has 0 saturated heterocycles. The molecule has 0 saturated carbocycles. The Balaban J connectivity index is 3.20. The number of benzene rings is 1. The van der Waals surface area contributed by atoms with Crippen LogP contribution in [0.4, 0.5) is 0 Å². The molecule has 5 heteroatoms. The van der Waals surface area contributed by atoms with Crippen molar-refractivity contribution in [3.05, 3.63) is 32.2 Å². The number of ketones is 1. The minimum atomic E-state index is -0.180. The maximum atomic E-state index is 11.2. The van der Waals surface area contributed by atoms with Gasteiger partial charge in [0.15, 0.2) is 5.78 Å². The van der Waals surface area contributed by atoms with Crippen molar-refractivity contribution in [2.24, 2.45) is 0 Å². The molecule has 0 atom stereocenters. The zero-order chi connectivity index (χ0) is 10.0. The topological polar surface area (TPSA) is 17.1 Å². The quantitative estimate of drug-likeness (QED) is 0.455. The second-order valence-electron chi connectivity index (χ2n) is 2.31. The lowest BCUT2D eigenvalue weighted by Crippen LogP contribution is -2.00. The second kappa shape index (κ2) is 4.65. The zero-order valence-electron chi connectivity index (χ0n) is 6.28. The maximum absolute atomic E-state index is 11.2. The smallest absolute Gasteiger partial charge is 0.177 e. The average Bonchev–Trinajstić information content (AvgIpc) is 2.12. The highest BCUT2D eigenvalue weighted by atomic mass is 79.9. The Morgan fingerprint density at radius 3 is 2.46 bits per heavy atom. The lowest BCUT2D eigenvalue weighted by molar-refractivity contribution is 0.102. The predicted molar refractivity (Wildman–Crippen MR) is 59.2 cm³/mol. The first kappa shape index (κ1) is 11.3. The van der Waals surface area contributed by atoms with Crippen LogP contribution in [-0.4, -0.2) is 11.7 Å². The van der Waals surface area contributed by atoms with Crippen molar-refractivity contribution in [1.82, 2.24) is 0 Å². The summed E-state index contributed by atoms with van der Waals surface area (Å²) >= 11 is 20.1. The average molecular weight is 302 g/mol. The summed E-state index contributed by atoms with van der Waals surface area (Å²) in [6.45, 7) is 0. The van der Waals surface area contributed by atoms with E-state index < -0.39 is 0 Å². The van der Waals surface area contributed by atoms with Gasteiger partial charge in [0, 0.05) is 10.0 Å². The minimum Gasteiger partial charge on any atom is -0.293 e. The van der Waals surface area contributed by atoms with Crippen LogP contribution in [0.5, 0.6) is 0 Å². The Labute approximate surface area is 99.1 Å². The molecule has 0 radical (unpaired) electrons. The van der Waals surface area contributed by atoms with Gasteiger partial charge in [-0.15, -0.1) is 11.6 Å². The van der Waals surface area contributed by atoms with Crippen molar-refractivity contribution in [1.29, 1.82) is 0 Å². The van der Waals surface area contributed by atoms with Crippen molar-refractivity contribution in [3.63, 3.8) is 0 Å². The van der Waals surface area contributed by atoms with E-state index in [1.165, 1.54) is 6.07 Å². The first-order valence-corrected chi connectivity index (χ1v) is 5.38. The number of halogens is 4. The third kappa shape index (κ3) is 2.59. The SMILES string of the molecule is O=C(CCl)c1cc(Cl)c(Cl)c(Br)c1. The summed E-state index contributed by atoms with van der Waals surface area (Å²) in [5, 5.41) is 0.734. The molecule has 0 fully saturated rings. The summed E-state index contributed by atoms with van der Waals surface area (Å²) in [5.74, 6) is -0.245. The monoisotopic (exact) mass is 300 g/mol. The fourth-order valence-corrected chi connectivity index (χ4v) is 1.85. The van der Waals surface area contributed by atoms with Crippen molar-refractivity contribution in [2.45, 2.75) is 0 Å². The largest absolute Gasteiger partial charge is 0.293 e. The van der Waals surface area contributed by atoms with E-state index in [0.717, 1.165) is 0 Å². The van der Waals surface area contributed by atoms with Crippen molar-refractivity contribution in [3.8, 4) is 0 Å². The molecule has 0 unspecified atom stereocenters. The Morgan fingerprint density at radius 2 is 2.00 bits per heavy atom. The minimum absolute atomic E-state index is 0.0651. The third-order valence-corrected chi connectivity index (χ3v) is 3.33. The number of alkyl halides is 1. The maximum Gasteiger partial charge on any atom is 0.177 e. The van der Waals surface area contributed by atoms with Crippen LogP contribution in [0.25, 0.3) is 0 Å². The highest BCUT2D eigenvalue weighted by Crippen LogP contribution is 2.31. The highest BCUT2D eigenvalue weighted by Gasteiger charge is 2.10. The molecule has 0 bridgehead atoms. The number of hydrogen-bond donors (Lipinski definition) is 0. The molecule has 0 N–H and O–H groups in total. The lowest BCUT2D eigenvalue weighted by atomic mass is 10.1. The van der Waals surface area contributed by atoms with E-state index in [1.807, 2.05) is 0 Å². The molecular weight excluding hydrogens is 298 g/mol. The van der Waals surface area contributed by atoms with E-state index in [9.17, 15) is 4.79 Å². The molecular formula is C8H4BrCl3O. The molecule has 0 aliphatic rings. The predicted octanol–water partition coefficient (Wildman–Crippen LogP) is 4.18. The molecule has 1 aromatic carbocycles. The summed E-state index contributed by atoms with van der Waals surface area (Å²) in [5.41, 5.74) is 0.455. The van der Waals surface area contributed by atoms with Crippen LogP contribution >= 0.6 is 50.7 Å². The summed E-state index contributed by atoms with van der Waals surface area (Å²) in [6, 6.07) is 3.10. The second-order valence-corrected chi connectivity index (χ2v) is 4.22. The standard InChI is InChI=1S/C8H4BrCl3O/c9-5-1-4(7(13)3-10)2-6(11)8(5)12/h1-2H,3H2. The van der Waals surface area contributed by atoms with Gasteiger partial charge in [0.2, 0.25) is 0 Å². The molecule has 70 valence electrons. The van der Waals surface area contributed by atoms with Gasteiger partial charge in [-0.3, -0.25) is 4.79 Å². The van der Waals surface area contributed by atoms with Crippen LogP contribution in [0.15, 0.2) is 16.6 Å². The van der Waals surface area contributed by atoms with Crippen LogP contribution < -0.4 is 0 Å². The highest BCUT2D eigenvalue weighted by molar-refractivity contribution is 9.10. The van der Waals surface area contributed by atoms with Crippen LogP contribution in [0, 0.1) is 0 Å². The van der Waals surface area contributed by atoms with Gasteiger partial charge in [-0.05, 0) is 28.1 Å². The lowest BCUT2D eigenvalue weighted by Gasteiger charge is -2.02. The molecule has 0 aromatic heterocycles. The molecule has 1 nitrogen and oxygen atoms in total. The first-order chi connectivity index (χ1) is 6.06. The zero-order valence-corrected chi connectivity index (χ0v) is 10.1. The molecule has 0 aliphatic heterocycles. The van der Waals surface area contributed by atoms with Crippen molar-refractivity contribution >= 4 is 56.5 Å². The van der Waals surface area contributed by atoms with Crippen LogP contribution in [0.1, 0.15) is 10.4 Å². The molecule has 0 amide bonds. The van der Waals surface area contributed by atoms with E-state index in [0.29, 0.717) is 20.1 Å². The first-order valence-electron chi connectivity index (χ1n) is 3.30. The summed E-state index contributed by atoms with van der Waals surface area (Å²) in [4.78, 5) is 11.2. The molecule has 1 aromatic rings. The number of Topliss-reactive ketones (excluding diaryl/α,β-unsaturated/α-hetero) is 1. The van der Waals surface area contributed by atoms with Gasteiger partial charge < -0.3 is 0 Å². The summed E-state index contributed by atoms with van der Waals surface area (Å²) in [6.07, 6.45) is 0. The molecule has 1 rings (SSSR count). The Bertz CT molecular complexity index is 328. The summed E-state index contributed by atoms with van der Waals surface area (Å²) < 4.78 is 0.593. The van der Waals surface area contributed by atoms with Gasteiger partial charge in [0.25, 0.3) is 0 Å². The molecule has 0 spiro atoms. The van der Waals surface area contributed by atoms with Crippen LogP contribution in [0.2, 0.25) is 10.0 Å². The van der Waals surface area contributed by atoms with E-state index in [1.54, 1.807) is 6.07 Å². The van der Waals surface area contributed by atoms with E-state index in [2.05, 4.69) is 15.9 Å². The Hall–Kier alpha value is 0.240. The Kier molecular flexibility index (Phi) is 4.05. The summed E-state index contributed by atoms with van der Waals surface area (Å²) in [7, 11) is 0. The normalized spacial score (nSPS) is 10.2. The fraction of sp³-hybridized carbons (Fsp3) is 0.125. The van der Waals surface area contributed by atoms with Crippen LogP contribution in [-0.2, 0) is 0 Å². The van der Waals surface area contributed by atoms with E-state index in [4.69, 9.17) is 34.8 Å². The van der Waals surface area contributed by atoms with Crippen molar-refractivity contribution in [2.75, 3.05) is 5.88 Å². The van der Waals surface area contributed by atoms with Gasteiger partial charge in [0.1, 0.15) is 0 Å². The van der Waals surface area contributed by atoms with Crippen molar-refractivity contribution < 1.29 is 4.79 Å². The van der Waals surface area contributed by atoms with Crippen LogP contribution in [0.3, 0.4) is 0 Å². The third-order valence-electron chi connectivity index (χ3n) is 1.43. The Morgan fingerprint density at radius 1 is 1.38 bits per heavy atom. The number of carbonyl (C=O) groups excluding carboxylic acids is 1. The number of carbonyl (C=O) groups is 1. The van der Waals surface area contributed by atoms with Gasteiger partial charge in [0.05, 0.1) is 15.9 Å². The van der Waals surface area contributed by atoms with E-state index >= 15 is 0 Å². The molecule has 13 heavy (non-hydrogen) atoms. The number of rotatable bonds is 2. The molecule has 0 heterocycles. The van der Waals surface area contributed by atoms with Gasteiger partial charge in [-0.1, -0.05) is 23.2 Å². The fourth-order valence-electron chi connectivity index (χ4n) is 0.794. The van der Waals surface area contributed by atoms with E-state index in [-0.39, 0.29) is 11.7 Å². The van der Waals surface area contributed by atoms with Gasteiger partial charge >= 0.3 is 0 Å².